The summed E-state index contributed by atoms with van der Waals surface area (Å²) in [5.74, 6) is 0.788. The number of hydrogen-bond acceptors (Lipinski definition) is 7. The highest BCUT2D eigenvalue weighted by Gasteiger charge is 2.17. The summed E-state index contributed by atoms with van der Waals surface area (Å²) in [6.45, 7) is 2.49. The fraction of sp³-hybridized carbons (Fsp3) is 0.474. The van der Waals surface area contributed by atoms with E-state index in [0.717, 1.165) is 18.6 Å². The molecule has 1 heterocycles. The third-order valence-electron chi connectivity index (χ3n) is 4.35. The van der Waals surface area contributed by atoms with E-state index in [2.05, 4.69) is 20.8 Å². The maximum Gasteiger partial charge on any atom is 0.257 e. The molecule has 2 N–H and O–H groups in total. The van der Waals surface area contributed by atoms with Gasteiger partial charge < -0.3 is 10.1 Å². The summed E-state index contributed by atoms with van der Waals surface area (Å²) in [5.41, 5.74) is 0.514. The molecule has 0 aliphatic heterocycles. The lowest BCUT2D eigenvalue weighted by atomic mass is 9.95. The number of nitrogens with zero attached hydrogens (tertiary/aromatic N) is 2. The lowest BCUT2D eigenvalue weighted by molar-refractivity contribution is -0.119. The molecule has 0 unspecified atom stereocenters. The first kappa shape index (κ1) is 20.6. The van der Waals surface area contributed by atoms with Gasteiger partial charge in [-0.25, -0.2) is 0 Å². The van der Waals surface area contributed by atoms with Crippen molar-refractivity contribution in [1.82, 2.24) is 15.5 Å². The molecule has 0 radical (unpaired) electrons. The molecule has 28 heavy (non-hydrogen) atoms. The molecule has 9 heteroatoms. The minimum absolute atomic E-state index is 0.0204. The summed E-state index contributed by atoms with van der Waals surface area (Å²) >= 11 is 2.59. The van der Waals surface area contributed by atoms with Crippen molar-refractivity contribution in [3.8, 4) is 5.75 Å². The molecule has 150 valence electrons. The van der Waals surface area contributed by atoms with Crippen LogP contribution in [0.4, 0.5) is 5.13 Å². The lowest BCUT2D eigenvalue weighted by Gasteiger charge is -2.22. The lowest BCUT2D eigenvalue weighted by Crippen LogP contribution is -2.37. The summed E-state index contributed by atoms with van der Waals surface area (Å²) in [6, 6.07) is 7.22. The van der Waals surface area contributed by atoms with Gasteiger partial charge in [0.25, 0.3) is 5.91 Å². The van der Waals surface area contributed by atoms with Crippen molar-refractivity contribution in [2.75, 3.05) is 17.7 Å². The summed E-state index contributed by atoms with van der Waals surface area (Å²) in [7, 11) is 0. The number of ether oxygens (including phenoxy) is 1. The fourth-order valence-corrected chi connectivity index (χ4v) is 4.56. The largest absolute Gasteiger partial charge is 0.494 e. The van der Waals surface area contributed by atoms with Crippen LogP contribution in [-0.2, 0) is 4.79 Å². The molecule has 1 aromatic carbocycles. The molecule has 0 saturated heterocycles. The normalized spacial score (nSPS) is 14.5. The number of carbonyl (C=O) groups is 2. The molecule has 7 nitrogen and oxygen atoms in total. The van der Waals surface area contributed by atoms with E-state index in [1.807, 2.05) is 6.92 Å². The Balaban J connectivity index is 1.45. The maximum absolute atomic E-state index is 12.3. The molecule has 1 aromatic heterocycles. The molecular weight excluding hydrogens is 396 g/mol. The van der Waals surface area contributed by atoms with Gasteiger partial charge in [0.05, 0.1) is 12.4 Å². The predicted octanol–water partition coefficient (Wildman–Crippen LogP) is 3.73. The minimum atomic E-state index is -0.259. The molecule has 1 aliphatic carbocycles. The van der Waals surface area contributed by atoms with Crippen molar-refractivity contribution in [1.29, 1.82) is 0 Å². The van der Waals surface area contributed by atoms with E-state index in [0.29, 0.717) is 33.4 Å². The molecular formula is C19H24N4O3S2. The number of benzene rings is 1. The van der Waals surface area contributed by atoms with Gasteiger partial charge in [0.2, 0.25) is 11.0 Å². The van der Waals surface area contributed by atoms with Crippen LogP contribution in [-0.4, -0.2) is 40.4 Å². The average molecular weight is 421 g/mol. The van der Waals surface area contributed by atoms with Crippen molar-refractivity contribution >= 4 is 40.0 Å². The van der Waals surface area contributed by atoms with Gasteiger partial charge in [-0.05, 0) is 44.0 Å². The van der Waals surface area contributed by atoms with Crippen molar-refractivity contribution in [2.45, 2.75) is 49.4 Å². The average Bonchev–Trinajstić information content (AvgIpc) is 3.15. The third-order valence-corrected chi connectivity index (χ3v) is 6.32. The first-order valence-electron chi connectivity index (χ1n) is 9.44. The Kier molecular flexibility index (Phi) is 7.67. The minimum Gasteiger partial charge on any atom is -0.494 e. The van der Waals surface area contributed by atoms with Gasteiger partial charge >= 0.3 is 0 Å². The fourth-order valence-electron chi connectivity index (χ4n) is 3.00. The monoisotopic (exact) mass is 420 g/mol. The van der Waals surface area contributed by atoms with E-state index in [4.69, 9.17) is 4.74 Å². The standard InChI is InChI=1S/C19H24N4O3S2/c1-2-26-15-10-8-13(9-11-15)17(25)21-18-22-23-19(28-18)27-12-16(24)20-14-6-4-3-5-7-14/h8-11,14H,2-7,12H2,1H3,(H,20,24)(H,21,22,25). The first-order chi connectivity index (χ1) is 13.6. The number of rotatable bonds is 8. The molecule has 2 amide bonds. The van der Waals surface area contributed by atoms with Crippen LogP contribution >= 0.6 is 23.1 Å². The van der Waals surface area contributed by atoms with E-state index >= 15 is 0 Å². The number of anilines is 1. The quantitative estimate of drug-likeness (QED) is 0.499. The van der Waals surface area contributed by atoms with Crippen molar-refractivity contribution in [2.24, 2.45) is 0 Å². The van der Waals surface area contributed by atoms with Gasteiger partial charge in [-0.1, -0.05) is 42.4 Å². The van der Waals surface area contributed by atoms with Crippen LogP contribution in [0.1, 0.15) is 49.4 Å². The zero-order valence-electron chi connectivity index (χ0n) is 15.8. The molecule has 1 aliphatic rings. The van der Waals surface area contributed by atoms with Crippen molar-refractivity contribution in [3.05, 3.63) is 29.8 Å². The molecule has 1 saturated carbocycles. The zero-order chi connectivity index (χ0) is 19.8. The Bertz CT molecular complexity index is 789. The van der Waals surface area contributed by atoms with Crippen LogP contribution in [0.2, 0.25) is 0 Å². The molecule has 3 rings (SSSR count). The van der Waals surface area contributed by atoms with Crippen molar-refractivity contribution in [3.63, 3.8) is 0 Å². The Morgan fingerprint density at radius 2 is 1.93 bits per heavy atom. The van der Waals surface area contributed by atoms with Crippen LogP contribution in [0.3, 0.4) is 0 Å². The van der Waals surface area contributed by atoms with Crippen LogP contribution in [0.15, 0.2) is 28.6 Å². The highest BCUT2D eigenvalue weighted by Crippen LogP contribution is 2.26. The number of nitrogens with one attached hydrogen (secondary N) is 2. The number of amides is 2. The number of hydrogen-bond donors (Lipinski definition) is 2. The van der Waals surface area contributed by atoms with E-state index in [1.54, 1.807) is 24.3 Å². The summed E-state index contributed by atoms with van der Waals surface area (Å²) < 4.78 is 6.02. The molecule has 1 fully saturated rings. The Hall–Kier alpha value is -2.13. The third kappa shape index (κ3) is 6.20. The number of thioether (sulfide) groups is 1. The first-order valence-corrected chi connectivity index (χ1v) is 11.2. The van der Waals surface area contributed by atoms with Gasteiger partial charge in [0.1, 0.15) is 5.75 Å². The van der Waals surface area contributed by atoms with Crippen molar-refractivity contribution < 1.29 is 14.3 Å². The molecule has 2 aromatic rings. The van der Waals surface area contributed by atoms with E-state index in [9.17, 15) is 9.59 Å². The van der Waals surface area contributed by atoms with Gasteiger partial charge in [0.15, 0.2) is 4.34 Å². The van der Waals surface area contributed by atoms with Crippen LogP contribution in [0.25, 0.3) is 0 Å². The summed E-state index contributed by atoms with van der Waals surface area (Å²) in [4.78, 5) is 24.4. The highest BCUT2D eigenvalue weighted by molar-refractivity contribution is 8.01. The topological polar surface area (TPSA) is 93.2 Å². The zero-order valence-corrected chi connectivity index (χ0v) is 17.4. The molecule has 0 spiro atoms. The van der Waals surface area contributed by atoms with Gasteiger partial charge in [0, 0.05) is 11.6 Å². The van der Waals surface area contributed by atoms with Crippen LogP contribution in [0, 0.1) is 0 Å². The van der Waals surface area contributed by atoms with Gasteiger partial charge in [-0.15, -0.1) is 10.2 Å². The Morgan fingerprint density at radius 1 is 1.18 bits per heavy atom. The summed E-state index contributed by atoms with van der Waals surface area (Å²) in [6.07, 6.45) is 5.77. The van der Waals surface area contributed by atoms with Gasteiger partial charge in [-0.2, -0.15) is 0 Å². The number of carbonyl (C=O) groups excluding carboxylic acids is 2. The van der Waals surface area contributed by atoms with Gasteiger partial charge in [-0.3, -0.25) is 14.9 Å². The Morgan fingerprint density at radius 3 is 2.64 bits per heavy atom. The molecule has 0 bridgehead atoms. The van der Waals surface area contributed by atoms with Crippen LogP contribution < -0.4 is 15.4 Å². The Labute approximate surface area is 172 Å². The second-order valence-corrected chi connectivity index (χ2v) is 8.68. The SMILES string of the molecule is CCOc1ccc(C(=O)Nc2nnc(SCC(=O)NC3CCCCC3)s2)cc1. The smallest absolute Gasteiger partial charge is 0.257 e. The van der Waals surface area contributed by atoms with E-state index in [-0.39, 0.29) is 11.8 Å². The van der Waals surface area contributed by atoms with E-state index in [1.165, 1.54) is 42.4 Å². The maximum atomic E-state index is 12.3. The second kappa shape index (κ2) is 10.4. The van der Waals surface area contributed by atoms with Crippen LogP contribution in [0.5, 0.6) is 5.75 Å². The molecule has 0 atom stereocenters. The number of aromatic nitrogens is 2. The van der Waals surface area contributed by atoms with E-state index < -0.39 is 0 Å². The highest BCUT2D eigenvalue weighted by atomic mass is 32.2. The summed E-state index contributed by atoms with van der Waals surface area (Å²) in [5, 5.41) is 14.2. The predicted molar refractivity (Wildman–Crippen MR) is 111 cm³/mol. The second-order valence-electron chi connectivity index (χ2n) is 6.48.